The summed E-state index contributed by atoms with van der Waals surface area (Å²) in [6, 6.07) is 5.97. The third kappa shape index (κ3) is 8.71. The van der Waals surface area contributed by atoms with E-state index in [0.717, 1.165) is 19.4 Å². The number of carbonyl (C=O) groups is 2. The van der Waals surface area contributed by atoms with Crippen LogP contribution >= 0.6 is 11.6 Å². The molecule has 2 aliphatic heterocycles. The summed E-state index contributed by atoms with van der Waals surface area (Å²) in [7, 11) is 1.75. The van der Waals surface area contributed by atoms with Gasteiger partial charge in [0.05, 0.1) is 43.8 Å². The summed E-state index contributed by atoms with van der Waals surface area (Å²) in [6.45, 7) is 3.06. The summed E-state index contributed by atoms with van der Waals surface area (Å²) in [6.07, 6.45) is 2.04. The predicted octanol–water partition coefficient (Wildman–Crippen LogP) is 0.692. The summed E-state index contributed by atoms with van der Waals surface area (Å²) in [5.41, 5.74) is 3.15. The first-order valence-corrected chi connectivity index (χ1v) is 11.7. The summed E-state index contributed by atoms with van der Waals surface area (Å²) >= 11 is 6.01. The molecule has 0 saturated carbocycles. The maximum atomic E-state index is 13.5. The van der Waals surface area contributed by atoms with Crippen LogP contribution in [0, 0.1) is 5.82 Å². The second kappa shape index (κ2) is 13.0. The van der Waals surface area contributed by atoms with Crippen LogP contribution < -0.4 is 20.8 Å². The van der Waals surface area contributed by atoms with Crippen LogP contribution in [-0.2, 0) is 14.3 Å². The van der Waals surface area contributed by atoms with Crippen LogP contribution in [0.4, 0.5) is 4.39 Å². The Balaban J connectivity index is 1.27. The van der Waals surface area contributed by atoms with Gasteiger partial charge in [-0.05, 0) is 25.0 Å². The molecule has 3 unspecified atom stereocenters. The van der Waals surface area contributed by atoms with E-state index < -0.39 is 5.82 Å². The minimum Gasteiger partial charge on any atom is -0.490 e. The van der Waals surface area contributed by atoms with E-state index in [1.165, 1.54) is 12.1 Å². The minimum absolute atomic E-state index is 0.0165. The van der Waals surface area contributed by atoms with Gasteiger partial charge in [-0.25, -0.2) is 9.40 Å². The highest BCUT2D eigenvalue weighted by Gasteiger charge is 2.26. The van der Waals surface area contributed by atoms with Crippen LogP contribution in [0.15, 0.2) is 24.3 Å². The highest BCUT2D eigenvalue weighted by Crippen LogP contribution is 2.15. The van der Waals surface area contributed by atoms with Crippen molar-refractivity contribution >= 4 is 23.4 Å². The lowest BCUT2D eigenvalue weighted by Gasteiger charge is -2.27. The monoisotopic (exact) mass is 485 g/mol. The van der Waals surface area contributed by atoms with Crippen molar-refractivity contribution < 1.29 is 23.5 Å². The van der Waals surface area contributed by atoms with Gasteiger partial charge >= 0.3 is 0 Å². The average Bonchev–Trinajstić information content (AvgIpc) is 3.22. The van der Waals surface area contributed by atoms with E-state index in [-0.39, 0.29) is 54.8 Å². The maximum Gasteiger partial charge on any atom is 0.238 e. The van der Waals surface area contributed by atoms with E-state index >= 15 is 0 Å². The van der Waals surface area contributed by atoms with E-state index in [0.29, 0.717) is 26.2 Å². The van der Waals surface area contributed by atoms with Gasteiger partial charge in [0.15, 0.2) is 11.6 Å². The Morgan fingerprint density at radius 3 is 2.85 bits per heavy atom. The predicted molar refractivity (Wildman–Crippen MR) is 122 cm³/mol. The van der Waals surface area contributed by atoms with E-state index in [1.807, 2.05) is 0 Å². The number of carbonyl (C=O) groups excluding carboxylic acids is 2. The standard InChI is InChI=1S/C22H33ClFN5O4/c1-28(9-11-32-17-6-7-20(23)25-13-17)22(31)15-29-14-16(12-26-29)27-21(30)8-10-33-19-5-3-2-4-18(19)24/h2-5,16-17,20,25-26H,6-15H2,1H3,(H,27,30). The number of nitrogens with zero attached hydrogens (tertiary/aromatic N) is 2. The van der Waals surface area contributed by atoms with Gasteiger partial charge in [0, 0.05) is 33.2 Å². The molecular formula is C22H33ClFN5O4. The molecule has 0 aliphatic carbocycles. The zero-order valence-corrected chi connectivity index (χ0v) is 19.7. The number of amides is 2. The summed E-state index contributed by atoms with van der Waals surface area (Å²) < 4.78 is 24.7. The topological polar surface area (TPSA) is 95.2 Å². The van der Waals surface area contributed by atoms with Gasteiger partial charge in [-0.1, -0.05) is 12.1 Å². The van der Waals surface area contributed by atoms with Crippen LogP contribution in [0.2, 0.25) is 0 Å². The number of halogens is 2. The van der Waals surface area contributed by atoms with Crippen molar-refractivity contribution in [3.8, 4) is 5.75 Å². The van der Waals surface area contributed by atoms with Crippen LogP contribution in [0.25, 0.3) is 0 Å². The lowest BCUT2D eigenvalue weighted by molar-refractivity contribution is -0.132. The Morgan fingerprint density at radius 2 is 2.09 bits per heavy atom. The summed E-state index contributed by atoms with van der Waals surface area (Å²) in [4.78, 5) is 26.3. The van der Waals surface area contributed by atoms with Crippen LogP contribution in [-0.4, -0.2) is 92.4 Å². The molecule has 2 heterocycles. The van der Waals surface area contributed by atoms with Gasteiger partial charge in [-0.2, -0.15) is 0 Å². The molecule has 11 heteroatoms. The number of hydrogen-bond acceptors (Lipinski definition) is 7. The van der Waals surface area contributed by atoms with Gasteiger partial charge in [0.25, 0.3) is 0 Å². The Kier molecular flexibility index (Phi) is 10.1. The molecule has 2 amide bonds. The molecule has 0 radical (unpaired) electrons. The minimum atomic E-state index is -0.454. The Morgan fingerprint density at radius 1 is 1.27 bits per heavy atom. The third-order valence-corrected chi connectivity index (χ3v) is 6.00. The number of hydrazine groups is 1. The van der Waals surface area contributed by atoms with Crippen LogP contribution in [0.3, 0.4) is 0 Å². The molecule has 0 bridgehead atoms. The number of ether oxygens (including phenoxy) is 2. The molecule has 1 aromatic rings. The maximum absolute atomic E-state index is 13.5. The van der Waals surface area contributed by atoms with Gasteiger partial charge in [0.2, 0.25) is 11.8 Å². The first kappa shape index (κ1) is 25.6. The van der Waals surface area contributed by atoms with Crippen molar-refractivity contribution in [2.45, 2.75) is 36.9 Å². The molecule has 3 N–H and O–H groups in total. The number of likely N-dealkylation sites (N-methyl/N-ethyl adjacent to an activating group) is 1. The lowest BCUT2D eigenvalue weighted by atomic mass is 10.1. The zero-order chi connectivity index (χ0) is 23.6. The molecule has 2 saturated heterocycles. The largest absolute Gasteiger partial charge is 0.490 e. The number of rotatable bonds is 11. The Labute approximate surface area is 198 Å². The fraction of sp³-hybridized carbons (Fsp3) is 0.636. The van der Waals surface area contributed by atoms with Gasteiger partial charge in [0.1, 0.15) is 0 Å². The fourth-order valence-corrected chi connectivity index (χ4v) is 3.88. The number of nitrogens with one attached hydrogen (secondary N) is 3. The fourth-order valence-electron chi connectivity index (χ4n) is 3.67. The van der Waals surface area contributed by atoms with Gasteiger partial charge < -0.3 is 19.7 Å². The number of benzene rings is 1. The zero-order valence-electron chi connectivity index (χ0n) is 18.9. The molecule has 2 aliphatic rings. The summed E-state index contributed by atoms with van der Waals surface area (Å²) in [5.74, 6) is -0.534. The van der Waals surface area contributed by atoms with Crippen molar-refractivity contribution in [1.82, 2.24) is 26.0 Å². The molecule has 3 atom stereocenters. The molecule has 1 aromatic carbocycles. The average molecular weight is 486 g/mol. The number of piperidine rings is 1. The SMILES string of the molecule is CN(CCOC1CCC(Cl)NC1)C(=O)CN1CC(NC(=O)CCOc2ccccc2F)CN1. The second-order valence-electron chi connectivity index (χ2n) is 8.30. The highest BCUT2D eigenvalue weighted by atomic mass is 35.5. The van der Waals surface area contributed by atoms with Crippen LogP contribution in [0.5, 0.6) is 5.75 Å². The second-order valence-corrected chi connectivity index (χ2v) is 8.82. The summed E-state index contributed by atoms with van der Waals surface area (Å²) in [5, 5.41) is 7.88. The van der Waals surface area contributed by atoms with Crippen LogP contribution in [0.1, 0.15) is 19.3 Å². The first-order valence-electron chi connectivity index (χ1n) is 11.3. The van der Waals surface area contributed by atoms with Crippen molar-refractivity contribution in [3.63, 3.8) is 0 Å². The lowest BCUT2D eigenvalue weighted by Crippen LogP contribution is -2.44. The highest BCUT2D eigenvalue weighted by molar-refractivity contribution is 6.20. The molecule has 184 valence electrons. The Hall–Kier alpha value is -1.98. The Bertz CT molecular complexity index is 781. The molecule has 3 rings (SSSR count). The quantitative estimate of drug-likeness (QED) is 0.313. The molecule has 9 nitrogen and oxygen atoms in total. The van der Waals surface area contributed by atoms with Crippen molar-refractivity contribution in [2.24, 2.45) is 0 Å². The smallest absolute Gasteiger partial charge is 0.238 e. The van der Waals surface area contributed by atoms with E-state index in [4.69, 9.17) is 21.1 Å². The van der Waals surface area contributed by atoms with E-state index in [9.17, 15) is 14.0 Å². The van der Waals surface area contributed by atoms with E-state index in [2.05, 4.69) is 16.1 Å². The first-order chi connectivity index (χ1) is 15.9. The molecule has 33 heavy (non-hydrogen) atoms. The van der Waals surface area contributed by atoms with Crippen molar-refractivity contribution in [2.75, 3.05) is 53.0 Å². The molecular weight excluding hydrogens is 453 g/mol. The normalized spacial score (nSPS) is 23.3. The molecule has 0 spiro atoms. The third-order valence-electron chi connectivity index (χ3n) is 5.63. The van der Waals surface area contributed by atoms with E-state index in [1.54, 1.807) is 29.1 Å². The van der Waals surface area contributed by atoms with Gasteiger partial charge in [-0.3, -0.25) is 20.3 Å². The molecule has 2 fully saturated rings. The van der Waals surface area contributed by atoms with Crippen molar-refractivity contribution in [3.05, 3.63) is 30.1 Å². The number of alkyl halides is 1. The van der Waals surface area contributed by atoms with Crippen molar-refractivity contribution in [1.29, 1.82) is 0 Å². The molecule has 0 aromatic heterocycles. The number of para-hydroxylation sites is 1. The number of hydrogen-bond donors (Lipinski definition) is 3. The van der Waals surface area contributed by atoms with Gasteiger partial charge in [-0.15, -0.1) is 11.6 Å².